The lowest BCUT2D eigenvalue weighted by molar-refractivity contribution is 0.504. The standard InChI is InChI=1S/C12H17N/c1-4-12(3)8-13-11-6-5-9(2)7-10(11)12/h5-7,13H,4,8H2,1-3H3. The number of nitrogens with one attached hydrogen (secondary N) is 1. The molecular weight excluding hydrogens is 158 g/mol. The second kappa shape index (κ2) is 2.76. The van der Waals surface area contributed by atoms with Gasteiger partial charge in [0.15, 0.2) is 0 Å². The normalized spacial score (nSPS) is 25.5. The molecule has 1 heteroatoms. The van der Waals surface area contributed by atoms with Crippen LogP contribution in [0.1, 0.15) is 31.4 Å². The molecule has 0 bridgehead atoms. The highest BCUT2D eigenvalue weighted by atomic mass is 14.9. The first-order valence-electron chi connectivity index (χ1n) is 5.01. The van der Waals surface area contributed by atoms with Crippen molar-refractivity contribution in [1.82, 2.24) is 0 Å². The van der Waals surface area contributed by atoms with E-state index in [1.807, 2.05) is 0 Å². The average Bonchev–Trinajstić information content (AvgIpc) is 2.45. The van der Waals surface area contributed by atoms with Gasteiger partial charge in [0.2, 0.25) is 0 Å². The minimum absolute atomic E-state index is 0.349. The van der Waals surface area contributed by atoms with Crippen LogP contribution in [0, 0.1) is 6.92 Å². The zero-order chi connectivity index (χ0) is 9.47. The fourth-order valence-corrected chi connectivity index (χ4v) is 2.01. The van der Waals surface area contributed by atoms with Crippen molar-refractivity contribution < 1.29 is 0 Å². The Morgan fingerprint density at radius 3 is 2.92 bits per heavy atom. The van der Waals surface area contributed by atoms with E-state index in [1.54, 1.807) is 0 Å². The Morgan fingerprint density at radius 2 is 2.23 bits per heavy atom. The van der Waals surface area contributed by atoms with Crippen molar-refractivity contribution in [3.05, 3.63) is 29.3 Å². The van der Waals surface area contributed by atoms with Gasteiger partial charge < -0.3 is 5.32 Å². The molecule has 1 nitrogen and oxygen atoms in total. The van der Waals surface area contributed by atoms with Crippen molar-refractivity contribution in [1.29, 1.82) is 0 Å². The van der Waals surface area contributed by atoms with E-state index in [1.165, 1.54) is 23.2 Å². The molecule has 0 radical (unpaired) electrons. The van der Waals surface area contributed by atoms with Crippen LogP contribution in [0.3, 0.4) is 0 Å². The fourth-order valence-electron chi connectivity index (χ4n) is 2.01. The summed E-state index contributed by atoms with van der Waals surface area (Å²) in [6.45, 7) is 7.85. The number of rotatable bonds is 1. The predicted octanol–water partition coefficient (Wildman–Crippen LogP) is 3.09. The summed E-state index contributed by atoms with van der Waals surface area (Å²) in [5, 5.41) is 3.47. The molecule has 0 fully saturated rings. The molecule has 2 rings (SSSR count). The lowest BCUT2D eigenvalue weighted by atomic mass is 9.81. The molecule has 1 heterocycles. The topological polar surface area (TPSA) is 12.0 Å². The van der Waals surface area contributed by atoms with Gasteiger partial charge in [-0.25, -0.2) is 0 Å². The highest BCUT2D eigenvalue weighted by molar-refractivity contribution is 5.61. The molecule has 70 valence electrons. The largest absolute Gasteiger partial charge is 0.384 e. The molecule has 1 atom stereocenters. The van der Waals surface area contributed by atoms with Gasteiger partial charge in [-0.3, -0.25) is 0 Å². The number of hydrogen-bond acceptors (Lipinski definition) is 1. The summed E-state index contributed by atoms with van der Waals surface area (Å²) in [6, 6.07) is 6.69. The van der Waals surface area contributed by atoms with Crippen LogP contribution in [0.2, 0.25) is 0 Å². The maximum Gasteiger partial charge on any atom is 0.0379 e. The molecule has 0 aliphatic carbocycles. The molecule has 13 heavy (non-hydrogen) atoms. The first-order chi connectivity index (χ1) is 6.15. The maximum atomic E-state index is 3.47. The van der Waals surface area contributed by atoms with Gasteiger partial charge in [0.1, 0.15) is 0 Å². The molecule has 0 spiro atoms. The van der Waals surface area contributed by atoms with Gasteiger partial charge >= 0.3 is 0 Å². The summed E-state index contributed by atoms with van der Waals surface area (Å²) in [4.78, 5) is 0. The SMILES string of the molecule is CCC1(C)CNc2ccc(C)cc21. The van der Waals surface area contributed by atoms with Gasteiger partial charge in [0, 0.05) is 17.6 Å². The number of aryl methyl sites for hydroxylation is 1. The Hall–Kier alpha value is -0.980. The van der Waals surface area contributed by atoms with Crippen molar-refractivity contribution in [2.24, 2.45) is 0 Å². The lowest BCUT2D eigenvalue weighted by Crippen LogP contribution is -2.22. The molecule has 1 aliphatic heterocycles. The van der Waals surface area contributed by atoms with Gasteiger partial charge in [0.05, 0.1) is 0 Å². The van der Waals surface area contributed by atoms with E-state index in [0.717, 1.165) is 6.54 Å². The minimum Gasteiger partial charge on any atom is -0.384 e. The predicted molar refractivity (Wildman–Crippen MR) is 57.3 cm³/mol. The molecule has 0 amide bonds. The van der Waals surface area contributed by atoms with Crippen molar-refractivity contribution in [2.45, 2.75) is 32.6 Å². The van der Waals surface area contributed by atoms with E-state index in [2.05, 4.69) is 44.3 Å². The molecule has 1 aromatic carbocycles. The Balaban J connectivity index is 2.52. The molecule has 0 saturated carbocycles. The Labute approximate surface area is 80.2 Å². The Morgan fingerprint density at radius 1 is 1.46 bits per heavy atom. The van der Waals surface area contributed by atoms with E-state index < -0.39 is 0 Å². The van der Waals surface area contributed by atoms with Crippen LogP contribution in [-0.2, 0) is 5.41 Å². The Bertz CT molecular complexity index is 330. The molecular formula is C12H17N. The minimum atomic E-state index is 0.349. The quantitative estimate of drug-likeness (QED) is 0.691. The lowest BCUT2D eigenvalue weighted by Gasteiger charge is -2.21. The first-order valence-corrected chi connectivity index (χ1v) is 5.01. The van der Waals surface area contributed by atoms with Crippen LogP contribution in [0.5, 0.6) is 0 Å². The Kier molecular flexibility index (Phi) is 1.83. The van der Waals surface area contributed by atoms with Crippen LogP contribution in [-0.4, -0.2) is 6.54 Å². The summed E-state index contributed by atoms with van der Waals surface area (Å²) in [7, 11) is 0. The fraction of sp³-hybridized carbons (Fsp3) is 0.500. The summed E-state index contributed by atoms with van der Waals surface area (Å²) in [6.07, 6.45) is 1.20. The highest BCUT2D eigenvalue weighted by Gasteiger charge is 2.32. The van der Waals surface area contributed by atoms with E-state index in [4.69, 9.17) is 0 Å². The van der Waals surface area contributed by atoms with Crippen LogP contribution < -0.4 is 5.32 Å². The highest BCUT2D eigenvalue weighted by Crippen LogP contribution is 2.39. The van der Waals surface area contributed by atoms with Crippen molar-refractivity contribution in [3.8, 4) is 0 Å². The van der Waals surface area contributed by atoms with Gasteiger partial charge in [-0.15, -0.1) is 0 Å². The van der Waals surface area contributed by atoms with Crippen LogP contribution in [0.25, 0.3) is 0 Å². The molecule has 1 unspecified atom stereocenters. The van der Waals surface area contributed by atoms with Gasteiger partial charge in [-0.1, -0.05) is 31.5 Å². The number of hydrogen-bond donors (Lipinski definition) is 1. The van der Waals surface area contributed by atoms with Gasteiger partial charge in [0.25, 0.3) is 0 Å². The van der Waals surface area contributed by atoms with Crippen LogP contribution >= 0.6 is 0 Å². The molecule has 1 aromatic rings. The molecule has 0 aromatic heterocycles. The van der Waals surface area contributed by atoms with Gasteiger partial charge in [-0.2, -0.15) is 0 Å². The third-order valence-electron chi connectivity index (χ3n) is 3.27. The average molecular weight is 175 g/mol. The smallest absolute Gasteiger partial charge is 0.0379 e. The summed E-state index contributed by atoms with van der Waals surface area (Å²) in [5.74, 6) is 0. The van der Waals surface area contributed by atoms with E-state index >= 15 is 0 Å². The maximum absolute atomic E-state index is 3.47. The summed E-state index contributed by atoms with van der Waals surface area (Å²) >= 11 is 0. The number of benzene rings is 1. The van der Waals surface area contributed by atoms with Crippen molar-refractivity contribution in [3.63, 3.8) is 0 Å². The van der Waals surface area contributed by atoms with Crippen LogP contribution in [0.4, 0.5) is 5.69 Å². The van der Waals surface area contributed by atoms with Gasteiger partial charge in [-0.05, 0) is 25.0 Å². The molecule has 1 aliphatic rings. The zero-order valence-corrected chi connectivity index (χ0v) is 8.65. The van der Waals surface area contributed by atoms with Crippen molar-refractivity contribution in [2.75, 3.05) is 11.9 Å². The van der Waals surface area contributed by atoms with E-state index in [0.29, 0.717) is 5.41 Å². The number of fused-ring (bicyclic) bond motifs is 1. The summed E-state index contributed by atoms with van der Waals surface area (Å²) in [5.41, 5.74) is 4.54. The third kappa shape index (κ3) is 1.23. The molecule has 1 N–H and O–H groups in total. The molecule has 0 saturated heterocycles. The zero-order valence-electron chi connectivity index (χ0n) is 8.65. The van der Waals surface area contributed by atoms with E-state index in [9.17, 15) is 0 Å². The second-order valence-corrected chi connectivity index (χ2v) is 4.32. The first kappa shape index (κ1) is 8.61. The van der Waals surface area contributed by atoms with E-state index in [-0.39, 0.29) is 0 Å². The van der Waals surface area contributed by atoms with Crippen LogP contribution in [0.15, 0.2) is 18.2 Å². The van der Waals surface area contributed by atoms with Crippen molar-refractivity contribution >= 4 is 5.69 Å². The monoisotopic (exact) mass is 175 g/mol. The number of anilines is 1. The summed E-state index contributed by atoms with van der Waals surface area (Å²) < 4.78 is 0. The third-order valence-corrected chi connectivity index (χ3v) is 3.27. The second-order valence-electron chi connectivity index (χ2n) is 4.32.